The first-order valence-electron chi connectivity index (χ1n) is 16.7. The molecule has 3 fully saturated rings. The first-order chi connectivity index (χ1) is 23.2. The number of cyclic esters (lactones) is 1. The van der Waals surface area contributed by atoms with E-state index in [1.165, 1.54) is 4.90 Å². The van der Waals surface area contributed by atoms with Crippen LogP contribution in [0.2, 0.25) is 0 Å². The van der Waals surface area contributed by atoms with Crippen LogP contribution in [0.1, 0.15) is 59.3 Å². The number of ketones is 1. The molecule has 3 heterocycles. The monoisotopic (exact) mass is 693 g/mol. The fourth-order valence-electron chi connectivity index (χ4n) is 6.81. The van der Waals surface area contributed by atoms with Crippen LogP contribution in [-0.2, 0) is 33.9 Å². The summed E-state index contributed by atoms with van der Waals surface area (Å²) in [5.41, 5.74) is -1.96. The molecule has 5 atom stereocenters. The number of amides is 2. The SMILES string of the molecule is C=C[C@@H]1C[C@]1(CC(=O)[C@@H]1C[C@@H]2CN1C(=O)[C@H](C(C)(C)C)CC(=O)OC/C=C/COc1ccc3ccnc(c3c1)O2)C(=O)NS(=O)(=O)C1CC1. The second-order valence-electron chi connectivity index (χ2n) is 14.6. The lowest BCUT2D eigenvalue weighted by Gasteiger charge is -2.34. The molecule has 0 unspecified atom stereocenters. The molecule has 1 N–H and O–H groups in total. The lowest BCUT2D eigenvalue weighted by Crippen LogP contribution is -2.48. The summed E-state index contributed by atoms with van der Waals surface area (Å²) in [7, 11) is -3.84. The van der Waals surface area contributed by atoms with Crippen LogP contribution >= 0.6 is 0 Å². The van der Waals surface area contributed by atoms with Crippen molar-refractivity contribution in [3.63, 3.8) is 0 Å². The van der Waals surface area contributed by atoms with E-state index in [4.69, 9.17) is 14.2 Å². The van der Waals surface area contributed by atoms with E-state index in [0.717, 1.165) is 5.39 Å². The summed E-state index contributed by atoms with van der Waals surface area (Å²) in [6.45, 7) is 9.63. The van der Waals surface area contributed by atoms with Crippen molar-refractivity contribution in [3.05, 3.63) is 55.3 Å². The number of allylic oxidation sites excluding steroid dienone is 1. The fraction of sp³-hybridized carbons (Fsp3) is 0.528. The summed E-state index contributed by atoms with van der Waals surface area (Å²) in [5, 5.41) is 0.948. The van der Waals surface area contributed by atoms with E-state index in [9.17, 15) is 27.6 Å². The van der Waals surface area contributed by atoms with Gasteiger partial charge in [-0.2, -0.15) is 0 Å². The van der Waals surface area contributed by atoms with Gasteiger partial charge in [0.1, 0.15) is 25.1 Å². The smallest absolute Gasteiger partial charge is 0.306 e. The zero-order valence-electron chi connectivity index (χ0n) is 28.1. The van der Waals surface area contributed by atoms with Crippen molar-refractivity contribution in [1.29, 1.82) is 0 Å². The molecule has 13 heteroatoms. The number of carbonyl (C=O) groups excluding carboxylic acids is 4. The highest BCUT2D eigenvalue weighted by atomic mass is 32.2. The maximum absolute atomic E-state index is 14.4. The third kappa shape index (κ3) is 7.36. The Morgan fingerprint density at radius 3 is 2.53 bits per heavy atom. The van der Waals surface area contributed by atoms with Gasteiger partial charge in [0, 0.05) is 24.4 Å². The van der Waals surface area contributed by atoms with Crippen molar-refractivity contribution in [2.24, 2.45) is 22.7 Å². The highest BCUT2D eigenvalue weighted by Crippen LogP contribution is 2.57. The molecule has 4 aliphatic rings. The molecule has 0 spiro atoms. The number of hydrogen-bond acceptors (Lipinski definition) is 10. The van der Waals surface area contributed by atoms with Gasteiger partial charge in [0.25, 0.3) is 0 Å². The summed E-state index contributed by atoms with van der Waals surface area (Å²) in [5.74, 6) is -2.41. The van der Waals surface area contributed by atoms with Crippen molar-refractivity contribution < 1.29 is 41.8 Å². The standard InChI is InChI=1S/C36H43N3O9S/c1-5-23-19-36(23,34(43)38-49(44,45)26-10-11-26)20-30(40)29-17-25-21-39(29)33(42)28(35(2,3)4)18-31(41)47-15-7-6-14-46-24-9-8-22-12-13-37-32(48-25)27(22)16-24/h5-9,12-13,16,23,25-26,28-29H,1,10-11,14-15,17-21H2,2-4H3,(H,38,43)/b7-6+/t23-,25-,28-,29+,36-/m1/s1. The fourth-order valence-corrected chi connectivity index (χ4v) is 8.20. The van der Waals surface area contributed by atoms with Gasteiger partial charge in [0.15, 0.2) is 5.78 Å². The average Bonchev–Trinajstić information content (AvgIpc) is 3.97. The number of benzene rings is 1. The minimum Gasteiger partial charge on any atom is -0.490 e. The number of nitrogens with zero attached hydrogens (tertiary/aromatic N) is 2. The number of nitrogens with one attached hydrogen (secondary N) is 1. The third-order valence-electron chi connectivity index (χ3n) is 10.0. The molecule has 49 heavy (non-hydrogen) atoms. The van der Waals surface area contributed by atoms with Crippen molar-refractivity contribution in [2.45, 2.75) is 76.7 Å². The van der Waals surface area contributed by atoms with Gasteiger partial charge < -0.3 is 19.1 Å². The number of fused-ring (bicyclic) bond motifs is 3. The minimum absolute atomic E-state index is 0.00482. The number of hydrogen-bond donors (Lipinski definition) is 1. The molecule has 6 rings (SSSR count). The van der Waals surface area contributed by atoms with Gasteiger partial charge in [-0.3, -0.25) is 23.9 Å². The third-order valence-corrected chi connectivity index (χ3v) is 11.8. The molecular weight excluding hydrogens is 650 g/mol. The zero-order chi connectivity index (χ0) is 35.1. The second-order valence-corrected chi connectivity index (χ2v) is 16.6. The first-order valence-corrected chi connectivity index (χ1v) is 18.3. The van der Waals surface area contributed by atoms with Gasteiger partial charge in [0.2, 0.25) is 27.7 Å². The molecule has 2 saturated carbocycles. The number of pyridine rings is 1. The summed E-state index contributed by atoms with van der Waals surface area (Å²) in [6.07, 6.45) is 6.81. The molecule has 262 valence electrons. The van der Waals surface area contributed by atoms with E-state index in [1.807, 2.05) is 45.0 Å². The first kappa shape index (κ1) is 34.6. The maximum atomic E-state index is 14.4. The van der Waals surface area contributed by atoms with Gasteiger partial charge >= 0.3 is 5.97 Å². The zero-order valence-corrected chi connectivity index (χ0v) is 28.9. The van der Waals surface area contributed by atoms with Crippen LogP contribution in [0.3, 0.4) is 0 Å². The molecule has 2 amide bonds. The molecule has 4 bridgehead atoms. The van der Waals surface area contributed by atoms with E-state index >= 15 is 0 Å². The molecule has 1 saturated heterocycles. The number of carbonyl (C=O) groups is 4. The Labute approximate surface area is 286 Å². The Bertz CT molecular complexity index is 1810. The molecule has 12 nitrogen and oxygen atoms in total. The van der Waals surface area contributed by atoms with E-state index in [0.29, 0.717) is 29.9 Å². The van der Waals surface area contributed by atoms with Crippen LogP contribution in [0.5, 0.6) is 11.6 Å². The number of Topliss-reactive ketones (excluding diaryl/α,β-unsaturated/α-hetero) is 1. The Kier molecular flexibility index (Phi) is 9.33. The maximum Gasteiger partial charge on any atom is 0.306 e. The van der Waals surface area contributed by atoms with Gasteiger partial charge in [-0.25, -0.2) is 13.4 Å². The number of sulfonamides is 1. The minimum atomic E-state index is -3.84. The lowest BCUT2D eigenvalue weighted by atomic mass is 9.77. The van der Waals surface area contributed by atoms with E-state index in [1.54, 1.807) is 24.4 Å². The molecule has 2 aromatic rings. The van der Waals surface area contributed by atoms with Gasteiger partial charge in [-0.15, -0.1) is 6.58 Å². The van der Waals surface area contributed by atoms with Gasteiger partial charge in [-0.05, 0) is 66.3 Å². The normalized spacial score (nSPS) is 28.4. The Hall–Kier alpha value is -4.26. The predicted molar refractivity (Wildman–Crippen MR) is 180 cm³/mol. The van der Waals surface area contributed by atoms with Crippen LogP contribution < -0.4 is 14.2 Å². The topological polar surface area (TPSA) is 158 Å². The summed E-state index contributed by atoms with van der Waals surface area (Å²) in [6, 6.07) is 6.37. The van der Waals surface area contributed by atoms with Crippen LogP contribution in [-0.4, -0.2) is 79.0 Å². The molecule has 1 aromatic carbocycles. The lowest BCUT2D eigenvalue weighted by molar-refractivity contribution is -0.152. The molecular formula is C36H43N3O9S. The highest BCUT2D eigenvalue weighted by molar-refractivity contribution is 7.90. The molecule has 1 aromatic heterocycles. The molecule has 0 radical (unpaired) electrons. The highest BCUT2D eigenvalue weighted by Gasteiger charge is 2.61. The largest absolute Gasteiger partial charge is 0.490 e. The van der Waals surface area contributed by atoms with Crippen LogP contribution in [0.25, 0.3) is 10.8 Å². The van der Waals surface area contributed by atoms with Crippen LogP contribution in [0.4, 0.5) is 0 Å². The predicted octanol–water partition coefficient (Wildman–Crippen LogP) is 3.89. The van der Waals surface area contributed by atoms with Crippen molar-refractivity contribution in [2.75, 3.05) is 19.8 Å². The number of rotatable bonds is 7. The van der Waals surface area contributed by atoms with Crippen molar-refractivity contribution in [1.82, 2.24) is 14.6 Å². The van der Waals surface area contributed by atoms with E-state index < -0.39 is 73.7 Å². The summed E-state index contributed by atoms with van der Waals surface area (Å²) < 4.78 is 45.3. The number of esters is 1. The number of aromatic nitrogens is 1. The van der Waals surface area contributed by atoms with Crippen LogP contribution in [0.15, 0.2) is 55.3 Å². The van der Waals surface area contributed by atoms with Gasteiger partial charge in [0.05, 0.1) is 35.6 Å². The Morgan fingerprint density at radius 2 is 1.86 bits per heavy atom. The quantitative estimate of drug-likeness (QED) is 0.333. The summed E-state index contributed by atoms with van der Waals surface area (Å²) >= 11 is 0. The average molecular weight is 694 g/mol. The molecule has 2 aliphatic heterocycles. The second kappa shape index (κ2) is 13.2. The summed E-state index contributed by atoms with van der Waals surface area (Å²) in [4.78, 5) is 61.1. The Morgan fingerprint density at radius 1 is 1.12 bits per heavy atom. The van der Waals surface area contributed by atoms with Crippen molar-refractivity contribution >= 4 is 44.4 Å². The Balaban J connectivity index is 1.33. The van der Waals surface area contributed by atoms with E-state index in [-0.39, 0.29) is 45.4 Å². The number of ether oxygens (including phenoxy) is 3. The van der Waals surface area contributed by atoms with Crippen LogP contribution in [0, 0.1) is 22.7 Å². The van der Waals surface area contributed by atoms with E-state index in [2.05, 4.69) is 16.3 Å². The molecule has 2 aliphatic carbocycles. The van der Waals surface area contributed by atoms with Crippen molar-refractivity contribution in [3.8, 4) is 11.6 Å². The van der Waals surface area contributed by atoms with Gasteiger partial charge in [-0.1, -0.05) is 32.9 Å².